The zero-order valence-corrected chi connectivity index (χ0v) is 11.2. The maximum absolute atomic E-state index is 12.0. The number of rotatable bonds is 9. The van der Waals surface area contributed by atoms with Gasteiger partial charge >= 0.3 is 12.0 Å². The van der Waals surface area contributed by atoms with Gasteiger partial charge in [0.1, 0.15) is 0 Å². The minimum absolute atomic E-state index is 0.0619. The number of hydrogen-bond donors (Lipinski definition) is 3. The average molecular weight is 274 g/mol. The quantitative estimate of drug-likeness (QED) is 0.545. The van der Waals surface area contributed by atoms with Crippen molar-refractivity contribution in [2.24, 2.45) is 5.92 Å². The molecule has 1 rings (SSSR count). The number of nitrogens with zero attached hydrogens (tertiary/aromatic N) is 1. The van der Waals surface area contributed by atoms with Crippen LogP contribution in [0.15, 0.2) is 0 Å². The molecule has 0 aromatic carbocycles. The molecular weight excluding hydrogens is 252 g/mol. The highest BCUT2D eigenvalue weighted by Crippen LogP contribution is 2.34. The van der Waals surface area contributed by atoms with Crippen LogP contribution in [0.4, 0.5) is 4.79 Å². The first-order valence-corrected chi connectivity index (χ1v) is 6.45. The molecule has 0 bridgehead atoms. The summed E-state index contributed by atoms with van der Waals surface area (Å²) in [5.74, 6) is -0.652. The first-order valence-electron chi connectivity index (χ1n) is 6.45. The van der Waals surface area contributed by atoms with Crippen LogP contribution in [0.3, 0.4) is 0 Å². The Kier molecular flexibility index (Phi) is 6.58. The molecule has 19 heavy (non-hydrogen) atoms. The number of methoxy groups -OCH3 is 1. The van der Waals surface area contributed by atoms with E-state index in [-0.39, 0.29) is 37.6 Å². The summed E-state index contributed by atoms with van der Waals surface area (Å²) in [6.45, 7) is 0.817. The maximum Gasteiger partial charge on any atom is 0.317 e. The second-order valence-electron chi connectivity index (χ2n) is 4.69. The normalized spacial score (nSPS) is 15.9. The lowest BCUT2D eigenvalue weighted by atomic mass is 10.1. The molecule has 1 aliphatic rings. The monoisotopic (exact) mass is 274 g/mol. The Morgan fingerprint density at radius 1 is 1.42 bits per heavy atom. The molecule has 0 spiro atoms. The van der Waals surface area contributed by atoms with Crippen LogP contribution in [0, 0.1) is 5.92 Å². The van der Waals surface area contributed by atoms with E-state index in [1.165, 1.54) is 12.0 Å². The fourth-order valence-corrected chi connectivity index (χ4v) is 1.91. The van der Waals surface area contributed by atoms with Crippen molar-refractivity contribution < 1.29 is 24.5 Å². The number of aliphatic carboxylic acids is 1. The fourth-order valence-electron chi connectivity index (χ4n) is 1.91. The van der Waals surface area contributed by atoms with Crippen molar-refractivity contribution in [1.29, 1.82) is 0 Å². The van der Waals surface area contributed by atoms with Gasteiger partial charge in [-0.2, -0.15) is 0 Å². The molecule has 7 nitrogen and oxygen atoms in total. The lowest BCUT2D eigenvalue weighted by molar-refractivity contribution is -0.137. The Bertz CT molecular complexity index is 306. The van der Waals surface area contributed by atoms with Crippen LogP contribution in [0.5, 0.6) is 0 Å². The second-order valence-corrected chi connectivity index (χ2v) is 4.69. The topological polar surface area (TPSA) is 99.1 Å². The van der Waals surface area contributed by atoms with Gasteiger partial charge in [0, 0.05) is 26.2 Å². The van der Waals surface area contributed by atoms with Gasteiger partial charge in [-0.3, -0.25) is 4.79 Å². The third-order valence-electron chi connectivity index (χ3n) is 3.12. The van der Waals surface area contributed by atoms with Gasteiger partial charge in [0.25, 0.3) is 0 Å². The summed E-state index contributed by atoms with van der Waals surface area (Å²) in [6.07, 6.45) is 1.85. The van der Waals surface area contributed by atoms with E-state index in [1.54, 1.807) is 0 Å². The molecule has 1 fully saturated rings. The largest absolute Gasteiger partial charge is 0.481 e. The van der Waals surface area contributed by atoms with Crippen molar-refractivity contribution >= 4 is 12.0 Å². The zero-order chi connectivity index (χ0) is 14.3. The lowest BCUT2D eigenvalue weighted by Gasteiger charge is -2.25. The molecule has 0 aromatic rings. The van der Waals surface area contributed by atoms with Gasteiger partial charge in [-0.15, -0.1) is 0 Å². The Morgan fingerprint density at radius 3 is 2.58 bits per heavy atom. The molecule has 0 aliphatic heterocycles. The minimum Gasteiger partial charge on any atom is -0.481 e. The molecule has 0 heterocycles. The van der Waals surface area contributed by atoms with Crippen molar-refractivity contribution in [2.75, 3.05) is 33.4 Å². The Hall–Kier alpha value is -1.34. The summed E-state index contributed by atoms with van der Waals surface area (Å²) >= 11 is 0. The summed E-state index contributed by atoms with van der Waals surface area (Å²) in [4.78, 5) is 24.2. The van der Waals surface area contributed by atoms with E-state index in [9.17, 15) is 9.59 Å². The number of carbonyl (C=O) groups excluding carboxylic acids is 1. The Morgan fingerprint density at radius 2 is 2.11 bits per heavy atom. The van der Waals surface area contributed by atoms with Crippen molar-refractivity contribution in [3.05, 3.63) is 0 Å². The third kappa shape index (κ3) is 5.89. The molecule has 1 saturated carbocycles. The van der Waals surface area contributed by atoms with Crippen molar-refractivity contribution in [2.45, 2.75) is 25.3 Å². The van der Waals surface area contributed by atoms with E-state index in [0.29, 0.717) is 13.2 Å². The Balaban J connectivity index is 2.49. The van der Waals surface area contributed by atoms with Gasteiger partial charge in [0.2, 0.25) is 0 Å². The van der Waals surface area contributed by atoms with E-state index < -0.39 is 5.97 Å². The highest BCUT2D eigenvalue weighted by molar-refractivity contribution is 5.76. The van der Waals surface area contributed by atoms with E-state index in [1.807, 2.05) is 0 Å². The van der Waals surface area contributed by atoms with Gasteiger partial charge in [0.05, 0.1) is 19.6 Å². The van der Waals surface area contributed by atoms with E-state index in [4.69, 9.17) is 14.9 Å². The molecular formula is C12H22N2O5. The van der Waals surface area contributed by atoms with Crippen LogP contribution in [0.1, 0.15) is 19.3 Å². The number of aliphatic hydroxyl groups excluding tert-OH is 1. The number of ether oxygens (including phenoxy) is 1. The van der Waals surface area contributed by atoms with Crippen molar-refractivity contribution in [1.82, 2.24) is 10.2 Å². The summed E-state index contributed by atoms with van der Waals surface area (Å²) in [6, 6.07) is -0.669. The van der Waals surface area contributed by atoms with Crippen LogP contribution in [0.25, 0.3) is 0 Å². The first kappa shape index (κ1) is 15.7. The van der Waals surface area contributed by atoms with Crippen LogP contribution in [-0.4, -0.2) is 66.6 Å². The first-order chi connectivity index (χ1) is 9.08. The van der Waals surface area contributed by atoms with Gasteiger partial charge in [0.15, 0.2) is 0 Å². The molecule has 0 saturated heterocycles. The van der Waals surface area contributed by atoms with E-state index >= 15 is 0 Å². The predicted octanol–water partition coefficient (Wildman–Crippen LogP) is -0.110. The lowest BCUT2D eigenvalue weighted by Crippen LogP contribution is -2.48. The molecule has 0 radical (unpaired) electrons. The van der Waals surface area contributed by atoms with Gasteiger partial charge in [-0.1, -0.05) is 0 Å². The number of amides is 2. The predicted molar refractivity (Wildman–Crippen MR) is 67.8 cm³/mol. The molecule has 1 atom stereocenters. The Labute approximate surface area is 112 Å². The summed E-state index contributed by atoms with van der Waals surface area (Å²) < 4.78 is 4.90. The number of aliphatic hydroxyl groups is 1. The number of carbonyl (C=O) groups is 2. The molecule has 1 unspecified atom stereocenters. The van der Waals surface area contributed by atoms with E-state index in [0.717, 1.165) is 12.8 Å². The number of hydrogen-bond acceptors (Lipinski definition) is 4. The zero-order valence-electron chi connectivity index (χ0n) is 11.2. The molecule has 3 N–H and O–H groups in total. The highest BCUT2D eigenvalue weighted by atomic mass is 16.5. The molecule has 0 aromatic heterocycles. The van der Waals surface area contributed by atoms with Crippen LogP contribution < -0.4 is 5.32 Å². The summed E-state index contributed by atoms with van der Waals surface area (Å²) in [7, 11) is 1.53. The standard InChI is InChI=1S/C12H22N2O5/c1-19-7-5-14(4-6-15)12(18)13-10(8-11(16)17)9-2-3-9/h9-10,15H,2-8H2,1H3,(H,13,18)(H,16,17). The molecule has 2 amide bonds. The van der Waals surface area contributed by atoms with Gasteiger partial charge in [-0.25, -0.2) is 4.79 Å². The van der Waals surface area contributed by atoms with Crippen LogP contribution in [-0.2, 0) is 9.53 Å². The number of urea groups is 1. The van der Waals surface area contributed by atoms with Crippen LogP contribution in [0.2, 0.25) is 0 Å². The second kappa shape index (κ2) is 7.96. The SMILES string of the molecule is COCCN(CCO)C(=O)NC(CC(=O)O)C1CC1. The van der Waals surface area contributed by atoms with E-state index in [2.05, 4.69) is 5.32 Å². The van der Waals surface area contributed by atoms with Crippen molar-refractivity contribution in [3.63, 3.8) is 0 Å². The number of nitrogens with one attached hydrogen (secondary N) is 1. The molecule has 1 aliphatic carbocycles. The number of carboxylic acids is 1. The summed E-state index contributed by atoms with van der Waals surface area (Å²) in [5, 5.41) is 20.5. The smallest absolute Gasteiger partial charge is 0.317 e. The number of carboxylic acid groups (broad SMARTS) is 1. The minimum atomic E-state index is -0.914. The maximum atomic E-state index is 12.0. The highest BCUT2D eigenvalue weighted by Gasteiger charge is 2.34. The molecule has 7 heteroatoms. The van der Waals surface area contributed by atoms with Gasteiger partial charge < -0.3 is 25.2 Å². The van der Waals surface area contributed by atoms with Crippen LogP contribution >= 0.6 is 0 Å². The van der Waals surface area contributed by atoms with Crippen molar-refractivity contribution in [3.8, 4) is 0 Å². The fraction of sp³-hybridized carbons (Fsp3) is 0.833. The third-order valence-corrected chi connectivity index (χ3v) is 3.12. The molecule has 110 valence electrons. The average Bonchev–Trinajstić information content (AvgIpc) is 3.17. The summed E-state index contributed by atoms with van der Waals surface area (Å²) in [5.41, 5.74) is 0. The van der Waals surface area contributed by atoms with Gasteiger partial charge in [-0.05, 0) is 18.8 Å².